The number of alkyl halides is 2. The van der Waals surface area contributed by atoms with Gasteiger partial charge < -0.3 is 10.3 Å². The van der Waals surface area contributed by atoms with Crippen LogP contribution < -0.4 is 11.3 Å². The highest BCUT2D eigenvalue weighted by Gasteiger charge is 2.09. The van der Waals surface area contributed by atoms with Gasteiger partial charge in [0.15, 0.2) is 5.82 Å². The fraction of sp³-hybridized carbons (Fsp3) is 0.286. The number of anilines is 1. The highest BCUT2D eigenvalue weighted by Crippen LogP contribution is 2.03. The number of pyridine rings is 1. The van der Waals surface area contributed by atoms with Crippen LogP contribution in [0.1, 0.15) is 0 Å². The van der Waals surface area contributed by atoms with E-state index in [0.29, 0.717) is 4.57 Å². The lowest BCUT2D eigenvalue weighted by molar-refractivity contribution is 0.125. The Morgan fingerprint density at radius 1 is 1.54 bits per heavy atom. The molecule has 0 unspecified atom stereocenters. The van der Waals surface area contributed by atoms with E-state index in [0.717, 1.165) is 12.3 Å². The maximum Gasteiger partial charge on any atom is 0.286 e. The van der Waals surface area contributed by atoms with Gasteiger partial charge in [-0.3, -0.25) is 4.79 Å². The molecule has 0 atom stereocenters. The third-order valence-corrected chi connectivity index (χ3v) is 1.40. The number of nitrogen functional groups attached to an aromatic ring is 1. The van der Waals surface area contributed by atoms with E-state index in [4.69, 9.17) is 5.73 Å². The molecule has 3 nitrogen and oxygen atoms in total. The molecule has 6 heteroatoms. The summed E-state index contributed by atoms with van der Waals surface area (Å²) < 4.78 is 36.9. The van der Waals surface area contributed by atoms with Crippen molar-refractivity contribution in [3.63, 3.8) is 0 Å². The zero-order chi connectivity index (χ0) is 10.0. The lowest BCUT2D eigenvalue weighted by Crippen LogP contribution is -2.25. The molecule has 0 fully saturated rings. The van der Waals surface area contributed by atoms with Crippen LogP contribution in [0.25, 0.3) is 0 Å². The number of rotatable bonds is 2. The lowest BCUT2D eigenvalue weighted by Gasteiger charge is -2.05. The van der Waals surface area contributed by atoms with Gasteiger partial charge in [0.05, 0.1) is 12.2 Å². The van der Waals surface area contributed by atoms with Crippen LogP contribution in [-0.4, -0.2) is 11.0 Å². The van der Waals surface area contributed by atoms with Crippen molar-refractivity contribution in [2.24, 2.45) is 0 Å². The molecule has 0 aliphatic carbocycles. The van der Waals surface area contributed by atoms with Gasteiger partial charge in [0.25, 0.3) is 12.0 Å². The first-order valence-corrected chi connectivity index (χ1v) is 3.44. The molecule has 0 radical (unpaired) electrons. The first-order chi connectivity index (χ1) is 6.00. The van der Waals surface area contributed by atoms with Crippen LogP contribution in [0.3, 0.4) is 0 Å². The van der Waals surface area contributed by atoms with E-state index in [-0.39, 0.29) is 5.69 Å². The molecule has 0 saturated heterocycles. The first-order valence-electron chi connectivity index (χ1n) is 3.44. The summed E-state index contributed by atoms with van der Waals surface area (Å²) in [6.45, 7) is -0.846. The Morgan fingerprint density at radius 3 is 2.69 bits per heavy atom. The van der Waals surface area contributed by atoms with Crippen LogP contribution in [0.5, 0.6) is 0 Å². The molecule has 1 aromatic rings. The van der Waals surface area contributed by atoms with Gasteiger partial charge >= 0.3 is 0 Å². The van der Waals surface area contributed by atoms with E-state index in [1.54, 1.807) is 0 Å². The van der Waals surface area contributed by atoms with Crippen LogP contribution in [-0.2, 0) is 6.54 Å². The zero-order valence-electron chi connectivity index (χ0n) is 6.51. The Balaban J connectivity index is 3.13. The molecule has 72 valence electrons. The molecule has 1 rings (SSSR count). The van der Waals surface area contributed by atoms with Gasteiger partial charge in [0, 0.05) is 12.3 Å². The van der Waals surface area contributed by atoms with Gasteiger partial charge in [-0.1, -0.05) is 0 Å². The van der Waals surface area contributed by atoms with Crippen molar-refractivity contribution in [3.05, 3.63) is 28.4 Å². The molecule has 0 spiro atoms. The quantitative estimate of drug-likeness (QED) is 0.754. The molecule has 0 aromatic carbocycles. The summed E-state index contributed by atoms with van der Waals surface area (Å²) in [7, 11) is 0. The SMILES string of the molecule is Nc1cc(F)c(=O)n(CC(F)F)c1. The van der Waals surface area contributed by atoms with E-state index in [9.17, 15) is 18.0 Å². The Morgan fingerprint density at radius 2 is 2.15 bits per heavy atom. The molecule has 1 heterocycles. The Hall–Kier alpha value is -1.46. The summed E-state index contributed by atoms with van der Waals surface area (Å²) in [5, 5.41) is 0. The molecule has 0 aliphatic heterocycles. The normalized spacial score (nSPS) is 10.8. The van der Waals surface area contributed by atoms with E-state index in [1.165, 1.54) is 0 Å². The monoisotopic (exact) mass is 192 g/mol. The summed E-state index contributed by atoms with van der Waals surface area (Å²) >= 11 is 0. The highest BCUT2D eigenvalue weighted by molar-refractivity contribution is 5.34. The maximum atomic E-state index is 12.6. The number of hydrogen-bond acceptors (Lipinski definition) is 2. The van der Waals surface area contributed by atoms with Crippen LogP contribution in [0.2, 0.25) is 0 Å². The number of nitrogens with two attached hydrogens (primary N) is 1. The Kier molecular flexibility index (Phi) is 2.60. The second-order valence-electron chi connectivity index (χ2n) is 2.47. The van der Waals surface area contributed by atoms with Gasteiger partial charge in [0.2, 0.25) is 0 Å². The maximum absolute atomic E-state index is 12.6. The second kappa shape index (κ2) is 3.51. The van der Waals surface area contributed by atoms with Crippen LogP contribution in [0.15, 0.2) is 17.1 Å². The Bertz CT molecular complexity index is 361. The molecule has 0 saturated carbocycles. The fourth-order valence-electron chi connectivity index (χ4n) is 0.905. The van der Waals surface area contributed by atoms with Gasteiger partial charge in [-0.2, -0.15) is 0 Å². The van der Waals surface area contributed by atoms with Crippen molar-refractivity contribution in [1.82, 2.24) is 4.57 Å². The molecule has 0 bridgehead atoms. The number of aromatic nitrogens is 1. The Labute approximate surface area is 71.6 Å². The summed E-state index contributed by atoms with van der Waals surface area (Å²) in [6, 6.07) is 0.796. The summed E-state index contributed by atoms with van der Waals surface area (Å²) in [4.78, 5) is 10.9. The van der Waals surface area contributed by atoms with E-state index < -0.39 is 24.3 Å². The van der Waals surface area contributed by atoms with Gasteiger partial charge in [-0.25, -0.2) is 13.2 Å². The van der Waals surface area contributed by atoms with Crippen molar-refractivity contribution in [2.75, 3.05) is 5.73 Å². The van der Waals surface area contributed by atoms with Crippen molar-refractivity contribution in [2.45, 2.75) is 13.0 Å². The van der Waals surface area contributed by atoms with E-state index in [2.05, 4.69) is 0 Å². The topological polar surface area (TPSA) is 48.0 Å². The molecular formula is C7H7F3N2O. The zero-order valence-corrected chi connectivity index (χ0v) is 6.51. The van der Waals surface area contributed by atoms with Gasteiger partial charge in [0.1, 0.15) is 0 Å². The average Bonchev–Trinajstić information content (AvgIpc) is 1.98. The second-order valence-corrected chi connectivity index (χ2v) is 2.47. The molecule has 1 aromatic heterocycles. The molecular weight excluding hydrogens is 185 g/mol. The van der Waals surface area contributed by atoms with Crippen molar-refractivity contribution in [3.8, 4) is 0 Å². The smallest absolute Gasteiger partial charge is 0.286 e. The minimum absolute atomic E-state index is 0.0576. The number of hydrogen-bond donors (Lipinski definition) is 1. The molecule has 2 N–H and O–H groups in total. The van der Waals surface area contributed by atoms with Gasteiger partial charge in [-0.15, -0.1) is 0 Å². The molecule has 13 heavy (non-hydrogen) atoms. The fourth-order valence-corrected chi connectivity index (χ4v) is 0.905. The third kappa shape index (κ3) is 2.24. The van der Waals surface area contributed by atoms with Crippen LogP contribution >= 0.6 is 0 Å². The summed E-state index contributed by atoms with van der Waals surface area (Å²) in [5.74, 6) is -1.12. The number of nitrogens with zero attached hydrogens (tertiary/aromatic N) is 1. The third-order valence-electron chi connectivity index (χ3n) is 1.40. The molecule has 0 amide bonds. The van der Waals surface area contributed by atoms with Crippen LogP contribution in [0.4, 0.5) is 18.9 Å². The van der Waals surface area contributed by atoms with Gasteiger partial charge in [-0.05, 0) is 0 Å². The molecule has 0 aliphatic rings. The first kappa shape index (κ1) is 9.63. The van der Waals surface area contributed by atoms with Crippen molar-refractivity contribution < 1.29 is 13.2 Å². The highest BCUT2D eigenvalue weighted by atomic mass is 19.3. The predicted octanol–water partition coefficient (Wildman–Crippen LogP) is 0.835. The predicted molar refractivity (Wildman–Crippen MR) is 41.1 cm³/mol. The minimum atomic E-state index is -2.71. The largest absolute Gasteiger partial charge is 0.397 e. The minimum Gasteiger partial charge on any atom is -0.397 e. The van der Waals surface area contributed by atoms with Crippen LogP contribution in [0, 0.1) is 5.82 Å². The summed E-state index contributed by atoms with van der Waals surface area (Å²) in [5.41, 5.74) is 4.01. The summed E-state index contributed by atoms with van der Waals surface area (Å²) in [6.07, 6.45) is -1.73. The van der Waals surface area contributed by atoms with Crippen molar-refractivity contribution >= 4 is 5.69 Å². The lowest BCUT2D eigenvalue weighted by atomic mass is 10.4. The standard InChI is InChI=1S/C7H7F3N2O/c8-5-1-4(11)2-12(7(5)13)3-6(9)10/h1-2,6H,3,11H2. The van der Waals surface area contributed by atoms with E-state index in [1.807, 2.05) is 0 Å². The van der Waals surface area contributed by atoms with E-state index >= 15 is 0 Å². The average molecular weight is 192 g/mol. The number of halogens is 3. The van der Waals surface area contributed by atoms with Crippen molar-refractivity contribution in [1.29, 1.82) is 0 Å².